The smallest absolute Gasteiger partial charge is 0.141 e. The molecule has 112 valence electrons. The lowest BCUT2D eigenvalue weighted by Crippen LogP contribution is -2.08. The summed E-state index contributed by atoms with van der Waals surface area (Å²) < 4.78 is 24.1. The topological polar surface area (TPSA) is 30.5 Å². The molecule has 0 fully saturated rings. The monoisotopic (exact) mass is 309 g/mol. The van der Waals surface area contributed by atoms with E-state index in [4.69, 9.17) is 21.1 Å². The first-order valence-corrected chi connectivity index (χ1v) is 6.90. The fraction of sp³-hybridized carbons (Fsp3) is 0.250. The maximum absolute atomic E-state index is 13.1. The van der Waals surface area contributed by atoms with E-state index in [1.54, 1.807) is 19.2 Å². The zero-order valence-corrected chi connectivity index (χ0v) is 12.7. The van der Waals surface area contributed by atoms with Gasteiger partial charge in [-0.15, -0.1) is 0 Å². The second-order valence-electron chi connectivity index (χ2n) is 4.54. The molecule has 0 spiro atoms. The molecule has 0 aliphatic heterocycles. The minimum absolute atomic E-state index is 0.0984. The number of methoxy groups -OCH3 is 1. The molecule has 0 amide bonds. The summed E-state index contributed by atoms with van der Waals surface area (Å²) in [6.07, 6.45) is 0. The van der Waals surface area contributed by atoms with Crippen LogP contribution in [0.4, 0.5) is 4.39 Å². The van der Waals surface area contributed by atoms with Crippen LogP contribution in [0.25, 0.3) is 0 Å². The van der Waals surface area contributed by atoms with Crippen molar-refractivity contribution in [2.24, 2.45) is 0 Å². The molecule has 5 heteroatoms. The maximum atomic E-state index is 13.1. The Bertz CT molecular complexity index is 619. The van der Waals surface area contributed by atoms with Crippen LogP contribution in [-0.2, 0) is 13.2 Å². The number of hydrogen-bond acceptors (Lipinski definition) is 3. The molecule has 0 radical (unpaired) electrons. The highest BCUT2D eigenvalue weighted by molar-refractivity contribution is 6.30. The van der Waals surface area contributed by atoms with Gasteiger partial charge in [-0.05, 0) is 42.9 Å². The summed E-state index contributed by atoms with van der Waals surface area (Å²) in [5.41, 5.74) is 1.80. The quantitative estimate of drug-likeness (QED) is 0.880. The third-order valence-electron chi connectivity index (χ3n) is 3.01. The Morgan fingerprint density at radius 1 is 1.19 bits per heavy atom. The molecule has 2 aromatic rings. The molecule has 3 nitrogen and oxygen atoms in total. The molecule has 0 aliphatic rings. The molecular formula is C16H17ClFNO2. The van der Waals surface area contributed by atoms with Crippen molar-refractivity contribution in [1.82, 2.24) is 5.32 Å². The molecule has 0 unspecified atom stereocenters. The summed E-state index contributed by atoms with van der Waals surface area (Å²) >= 11 is 5.76. The average molecular weight is 310 g/mol. The van der Waals surface area contributed by atoms with Crippen molar-refractivity contribution in [3.63, 3.8) is 0 Å². The first-order chi connectivity index (χ1) is 10.1. The van der Waals surface area contributed by atoms with Crippen LogP contribution in [0.15, 0.2) is 36.4 Å². The van der Waals surface area contributed by atoms with Gasteiger partial charge in [0.05, 0.1) is 12.1 Å². The predicted octanol–water partition coefficient (Wildman–Crippen LogP) is 3.79. The van der Waals surface area contributed by atoms with Crippen LogP contribution in [0.2, 0.25) is 5.02 Å². The van der Waals surface area contributed by atoms with Crippen LogP contribution in [0.1, 0.15) is 11.1 Å². The van der Waals surface area contributed by atoms with Crippen molar-refractivity contribution >= 4 is 11.6 Å². The molecule has 0 aliphatic carbocycles. The van der Waals surface area contributed by atoms with Crippen LogP contribution in [-0.4, -0.2) is 14.2 Å². The third-order valence-corrected chi connectivity index (χ3v) is 3.30. The molecule has 0 saturated heterocycles. The molecule has 1 N–H and O–H groups in total. The minimum atomic E-state index is -0.430. The van der Waals surface area contributed by atoms with Gasteiger partial charge in [0.2, 0.25) is 0 Å². The lowest BCUT2D eigenvalue weighted by atomic mass is 10.2. The van der Waals surface area contributed by atoms with Crippen molar-refractivity contribution in [2.45, 2.75) is 13.2 Å². The summed E-state index contributed by atoms with van der Waals surface area (Å²) in [5, 5.41) is 3.18. The molecule has 0 bridgehead atoms. The first kappa shape index (κ1) is 15.6. The van der Waals surface area contributed by atoms with E-state index >= 15 is 0 Å². The summed E-state index contributed by atoms with van der Waals surface area (Å²) in [7, 11) is 3.49. The molecule has 21 heavy (non-hydrogen) atoms. The zero-order chi connectivity index (χ0) is 15.2. The minimum Gasteiger partial charge on any atom is -0.497 e. The van der Waals surface area contributed by atoms with Crippen LogP contribution >= 0.6 is 11.6 Å². The highest BCUT2D eigenvalue weighted by atomic mass is 35.5. The molecule has 0 saturated carbocycles. The van der Waals surface area contributed by atoms with E-state index in [0.717, 1.165) is 22.6 Å². The summed E-state index contributed by atoms with van der Waals surface area (Å²) in [6, 6.07) is 10.2. The van der Waals surface area contributed by atoms with Crippen LogP contribution in [0.3, 0.4) is 0 Å². The third kappa shape index (κ3) is 4.09. The lowest BCUT2D eigenvalue weighted by Gasteiger charge is -2.13. The predicted molar refractivity (Wildman–Crippen MR) is 81.5 cm³/mol. The van der Waals surface area contributed by atoms with Gasteiger partial charge in [-0.3, -0.25) is 0 Å². The Morgan fingerprint density at radius 2 is 2.00 bits per heavy atom. The fourth-order valence-corrected chi connectivity index (χ4v) is 2.15. The molecule has 0 heterocycles. The first-order valence-electron chi connectivity index (χ1n) is 6.52. The van der Waals surface area contributed by atoms with E-state index in [9.17, 15) is 4.39 Å². The van der Waals surface area contributed by atoms with E-state index in [-0.39, 0.29) is 5.02 Å². The highest BCUT2D eigenvalue weighted by Gasteiger charge is 2.07. The number of rotatable bonds is 6. The Morgan fingerprint density at radius 3 is 2.67 bits per heavy atom. The number of benzene rings is 2. The fourth-order valence-electron chi connectivity index (χ4n) is 1.94. The Balaban J connectivity index is 2.13. The Labute approximate surface area is 128 Å². The molecular weight excluding hydrogens is 293 g/mol. The number of hydrogen-bond donors (Lipinski definition) is 1. The van der Waals surface area contributed by atoms with Crippen molar-refractivity contribution in [2.75, 3.05) is 14.2 Å². The van der Waals surface area contributed by atoms with Gasteiger partial charge in [0.15, 0.2) is 0 Å². The van der Waals surface area contributed by atoms with Gasteiger partial charge < -0.3 is 14.8 Å². The van der Waals surface area contributed by atoms with Gasteiger partial charge in [-0.1, -0.05) is 17.7 Å². The number of ether oxygens (including phenoxy) is 2. The maximum Gasteiger partial charge on any atom is 0.141 e. The van der Waals surface area contributed by atoms with E-state index in [2.05, 4.69) is 5.32 Å². The molecule has 2 aromatic carbocycles. The molecule has 0 aromatic heterocycles. The van der Waals surface area contributed by atoms with Crippen LogP contribution in [0, 0.1) is 5.82 Å². The van der Waals surface area contributed by atoms with Gasteiger partial charge in [-0.2, -0.15) is 0 Å². The zero-order valence-electron chi connectivity index (χ0n) is 12.0. The van der Waals surface area contributed by atoms with E-state index in [0.29, 0.717) is 13.2 Å². The summed E-state index contributed by atoms with van der Waals surface area (Å²) in [6.45, 7) is 0.986. The standard InChI is InChI=1S/C16H17ClFNO2/c1-19-9-12-8-13(20-2)4-6-16(12)21-10-11-3-5-15(18)14(17)7-11/h3-8,19H,9-10H2,1-2H3. The largest absolute Gasteiger partial charge is 0.497 e. The second kappa shape index (κ2) is 7.29. The molecule has 2 rings (SSSR count). The SMILES string of the molecule is CNCc1cc(OC)ccc1OCc1ccc(F)c(Cl)c1. The van der Waals surface area contributed by atoms with Crippen LogP contribution < -0.4 is 14.8 Å². The van der Waals surface area contributed by atoms with Crippen molar-refractivity contribution in [3.05, 3.63) is 58.4 Å². The van der Waals surface area contributed by atoms with Gasteiger partial charge in [-0.25, -0.2) is 4.39 Å². The normalized spacial score (nSPS) is 10.5. The average Bonchev–Trinajstić information content (AvgIpc) is 2.49. The van der Waals surface area contributed by atoms with Crippen LogP contribution in [0.5, 0.6) is 11.5 Å². The van der Waals surface area contributed by atoms with Gasteiger partial charge in [0, 0.05) is 12.1 Å². The van der Waals surface area contributed by atoms with E-state index in [1.807, 2.05) is 25.2 Å². The Kier molecular flexibility index (Phi) is 5.42. The van der Waals surface area contributed by atoms with Crippen molar-refractivity contribution in [3.8, 4) is 11.5 Å². The van der Waals surface area contributed by atoms with E-state index < -0.39 is 5.82 Å². The Hall–Kier alpha value is -1.78. The van der Waals surface area contributed by atoms with E-state index in [1.165, 1.54) is 6.07 Å². The van der Waals surface area contributed by atoms with Gasteiger partial charge in [0.1, 0.15) is 23.9 Å². The number of halogens is 2. The number of nitrogens with one attached hydrogen (secondary N) is 1. The van der Waals surface area contributed by atoms with Crippen molar-refractivity contribution in [1.29, 1.82) is 0 Å². The van der Waals surface area contributed by atoms with Crippen molar-refractivity contribution < 1.29 is 13.9 Å². The van der Waals surface area contributed by atoms with Gasteiger partial charge >= 0.3 is 0 Å². The second-order valence-corrected chi connectivity index (χ2v) is 4.95. The molecule has 0 atom stereocenters. The lowest BCUT2D eigenvalue weighted by molar-refractivity contribution is 0.301. The highest BCUT2D eigenvalue weighted by Crippen LogP contribution is 2.25. The summed E-state index contributed by atoms with van der Waals surface area (Å²) in [4.78, 5) is 0. The van der Waals surface area contributed by atoms with Gasteiger partial charge in [0.25, 0.3) is 0 Å². The summed E-state index contributed by atoms with van der Waals surface area (Å²) in [5.74, 6) is 1.10.